The second-order valence-electron chi connectivity index (χ2n) is 6.99. The summed E-state index contributed by atoms with van der Waals surface area (Å²) in [5.41, 5.74) is -0.0906. The van der Waals surface area contributed by atoms with Gasteiger partial charge in [0, 0.05) is 38.3 Å². The Hall–Kier alpha value is -0.120. The van der Waals surface area contributed by atoms with Crippen LogP contribution in [0.3, 0.4) is 0 Å². The van der Waals surface area contributed by atoms with Crippen LogP contribution in [0.1, 0.15) is 40.5 Å². The Bertz CT molecular complexity index is 389. The van der Waals surface area contributed by atoms with Crippen LogP contribution in [0.15, 0.2) is 4.99 Å². The van der Waals surface area contributed by atoms with E-state index >= 15 is 0 Å². The van der Waals surface area contributed by atoms with Gasteiger partial charge in [0.2, 0.25) is 0 Å². The molecule has 0 aromatic carbocycles. The SMILES string of the molecule is CCNC(=NCC1(C)CCCO1)NCC(C)N1CCOCC1C.I. The van der Waals surface area contributed by atoms with Crippen LogP contribution in [0.2, 0.25) is 0 Å². The predicted octanol–water partition coefficient (Wildman–Crippen LogP) is 1.84. The van der Waals surface area contributed by atoms with E-state index in [4.69, 9.17) is 14.5 Å². The maximum Gasteiger partial charge on any atom is 0.191 e. The lowest BCUT2D eigenvalue weighted by molar-refractivity contribution is -0.0174. The number of hydrogen-bond donors (Lipinski definition) is 2. The number of ether oxygens (including phenoxy) is 2. The summed E-state index contributed by atoms with van der Waals surface area (Å²) in [6.07, 6.45) is 2.24. The summed E-state index contributed by atoms with van der Waals surface area (Å²) in [6, 6.07) is 0.932. The van der Waals surface area contributed by atoms with Crippen molar-refractivity contribution >= 4 is 29.9 Å². The number of aliphatic imine (C=N–C) groups is 1. The Labute approximate surface area is 164 Å². The van der Waals surface area contributed by atoms with Gasteiger partial charge >= 0.3 is 0 Å². The van der Waals surface area contributed by atoms with Gasteiger partial charge in [0.05, 0.1) is 25.4 Å². The molecule has 2 N–H and O–H groups in total. The van der Waals surface area contributed by atoms with E-state index in [9.17, 15) is 0 Å². The number of halogens is 1. The first-order valence-electron chi connectivity index (χ1n) is 9.04. The van der Waals surface area contributed by atoms with Crippen molar-refractivity contribution in [2.75, 3.05) is 46.0 Å². The van der Waals surface area contributed by atoms with E-state index < -0.39 is 0 Å². The standard InChI is InChI=1S/C17H34N4O2.HI/c1-5-18-16(20-13-17(4)7-6-9-23-17)19-11-14(2)21-8-10-22-12-15(21)3;/h14-15H,5-13H2,1-4H3,(H2,18,19,20);1H. The van der Waals surface area contributed by atoms with E-state index in [1.807, 2.05) is 0 Å². The minimum atomic E-state index is -0.0906. The van der Waals surface area contributed by atoms with Crippen molar-refractivity contribution in [2.24, 2.45) is 4.99 Å². The van der Waals surface area contributed by atoms with Crippen molar-refractivity contribution in [3.05, 3.63) is 0 Å². The molecule has 142 valence electrons. The molecule has 2 rings (SSSR count). The molecular weight excluding hydrogens is 419 g/mol. The number of rotatable bonds is 6. The first-order chi connectivity index (χ1) is 11.0. The topological polar surface area (TPSA) is 58.1 Å². The van der Waals surface area contributed by atoms with Gasteiger partial charge in [-0.15, -0.1) is 24.0 Å². The van der Waals surface area contributed by atoms with Gasteiger partial charge in [-0.2, -0.15) is 0 Å². The van der Waals surface area contributed by atoms with Gasteiger partial charge in [-0.25, -0.2) is 0 Å². The molecule has 6 nitrogen and oxygen atoms in total. The van der Waals surface area contributed by atoms with Crippen molar-refractivity contribution in [3.63, 3.8) is 0 Å². The van der Waals surface area contributed by atoms with Gasteiger partial charge in [-0.3, -0.25) is 9.89 Å². The highest BCUT2D eigenvalue weighted by Gasteiger charge is 2.29. The minimum Gasteiger partial charge on any atom is -0.379 e. The fourth-order valence-electron chi connectivity index (χ4n) is 3.31. The van der Waals surface area contributed by atoms with Crippen LogP contribution >= 0.6 is 24.0 Å². The number of nitrogens with one attached hydrogen (secondary N) is 2. The molecule has 2 saturated heterocycles. The molecule has 2 fully saturated rings. The third-order valence-corrected chi connectivity index (χ3v) is 4.77. The maximum absolute atomic E-state index is 5.82. The Kier molecular flexibility index (Phi) is 9.84. The molecule has 0 aromatic rings. The minimum absolute atomic E-state index is 0. The highest BCUT2D eigenvalue weighted by Crippen LogP contribution is 2.24. The number of hydrogen-bond acceptors (Lipinski definition) is 4. The molecule has 0 aliphatic carbocycles. The van der Waals surface area contributed by atoms with Crippen LogP contribution in [-0.4, -0.2) is 74.5 Å². The monoisotopic (exact) mass is 454 g/mol. The fraction of sp³-hybridized carbons (Fsp3) is 0.941. The molecule has 0 bridgehead atoms. The summed E-state index contributed by atoms with van der Waals surface area (Å²) in [5, 5.41) is 6.81. The summed E-state index contributed by atoms with van der Waals surface area (Å²) in [4.78, 5) is 7.23. The second-order valence-corrected chi connectivity index (χ2v) is 6.99. The molecule has 2 heterocycles. The maximum atomic E-state index is 5.82. The van der Waals surface area contributed by atoms with E-state index in [1.165, 1.54) is 0 Å². The Morgan fingerprint density at radius 3 is 2.79 bits per heavy atom. The average molecular weight is 454 g/mol. The lowest BCUT2D eigenvalue weighted by Gasteiger charge is -2.38. The average Bonchev–Trinajstić information content (AvgIpc) is 2.97. The van der Waals surface area contributed by atoms with Crippen molar-refractivity contribution < 1.29 is 9.47 Å². The summed E-state index contributed by atoms with van der Waals surface area (Å²) >= 11 is 0. The lowest BCUT2D eigenvalue weighted by atomic mass is 10.0. The van der Waals surface area contributed by atoms with E-state index in [0.29, 0.717) is 18.6 Å². The van der Waals surface area contributed by atoms with Gasteiger partial charge in [0.25, 0.3) is 0 Å². The lowest BCUT2D eigenvalue weighted by Crippen LogP contribution is -2.53. The summed E-state index contributed by atoms with van der Waals surface area (Å²) in [5.74, 6) is 0.886. The van der Waals surface area contributed by atoms with Crippen LogP contribution < -0.4 is 10.6 Å². The Morgan fingerprint density at radius 2 is 2.17 bits per heavy atom. The Morgan fingerprint density at radius 1 is 1.38 bits per heavy atom. The summed E-state index contributed by atoms with van der Waals surface area (Å²) in [7, 11) is 0. The number of morpholine rings is 1. The smallest absolute Gasteiger partial charge is 0.191 e. The van der Waals surface area contributed by atoms with Crippen LogP contribution in [-0.2, 0) is 9.47 Å². The van der Waals surface area contributed by atoms with Gasteiger partial charge in [-0.1, -0.05) is 0 Å². The van der Waals surface area contributed by atoms with E-state index in [2.05, 4.69) is 43.2 Å². The molecule has 3 unspecified atom stereocenters. The Balaban J connectivity index is 0.00000288. The molecule has 24 heavy (non-hydrogen) atoms. The number of nitrogens with zero attached hydrogens (tertiary/aromatic N) is 2. The van der Waals surface area contributed by atoms with E-state index in [0.717, 1.165) is 58.3 Å². The summed E-state index contributed by atoms with van der Waals surface area (Å²) < 4.78 is 11.3. The van der Waals surface area contributed by atoms with Crippen LogP contribution in [0.4, 0.5) is 0 Å². The molecule has 2 aliphatic heterocycles. The largest absolute Gasteiger partial charge is 0.379 e. The molecule has 7 heteroatoms. The molecule has 2 aliphatic rings. The molecule has 0 amide bonds. The van der Waals surface area contributed by atoms with Crippen molar-refractivity contribution in [2.45, 2.75) is 58.2 Å². The first-order valence-corrected chi connectivity index (χ1v) is 9.04. The molecule has 3 atom stereocenters. The third kappa shape index (κ3) is 6.65. The van der Waals surface area contributed by atoms with Crippen molar-refractivity contribution in [1.82, 2.24) is 15.5 Å². The van der Waals surface area contributed by atoms with E-state index in [1.54, 1.807) is 0 Å². The predicted molar refractivity (Wildman–Crippen MR) is 109 cm³/mol. The zero-order valence-corrected chi connectivity index (χ0v) is 18.0. The quantitative estimate of drug-likeness (QED) is 0.365. The normalized spacial score (nSPS) is 29.8. The highest BCUT2D eigenvalue weighted by molar-refractivity contribution is 14.0. The van der Waals surface area contributed by atoms with Gasteiger partial charge in [0.1, 0.15) is 0 Å². The van der Waals surface area contributed by atoms with Gasteiger partial charge in [0.15, 0.2) is 5.96 Å². The molecule has 0 radical (unpaired) electrons. The summed E-state index contributed by atoms with van der Waals surface area (Å²) in [6.45, 7) is 14.7. The van der Waals surface area contributed by atoms with Crippen molar-refractivity contribution in [1.29, 1.82) is 0 Å². The van der Waals surface area contributed by atoms with Crippen LogP contribution in [0.5, 0.6) is 0 Å². The zero-order chi connectivity index (χ0) is 16.7. The first kappa shape index (κ1) is 21.9. The third-order valence-electron chi connectivity index (χ3n) is 4.77. The fourth-order valence-corrected chi connectivity index (χ4v) is 3.31. The van der Waals surface area contributed by atoms with Crippen LogP contribution in [0, 0.1) is 0 Å². The molecular formula is C17H35IN4O2. The van der Waals surface area contributed by atoms with Crippen LogP contribution in [0.25, 0.3) is 0 Å². The molecule has 0 saturated carbocycles. The van der Waals surface area contributed by atoms with E-state index in [-0.39, 0.29) is 29.6 Å². The molecule has 0 aromatic heterocycles. The second kappa shape index (κ2) is 10.8. The van der Waals surface area contributed by atoms with Crippen molar-refractivity contribution in [3.8, 4) is 0 Å². The van der Waals surface area contributed by atoms with Gasteiger partial charge in [-0.05, 0) is 40.5 Å². The molecule has 0 spiro atoms. The highest BCUT2D eigenvalue weighted by atomic mass is 127. The zero-order valence-electron chi connectivity index (χ0n) is 15.6. The van der Waals surface area contributed by atoms with Gasteiger partial charge < -0.3 is 20.1 Å². The number of guanidine groups is 1.